The predicted molar refractivity (Wildman–Crippen MR) is 85.5 cm³/mol. The Morgan fingerprint density at radius 3 is 2.67 bits per heavy atom. The first-order valence-corrected chi connectivity index (χ1v) is 7.87. The molecule has 1 fully saturated rings. The number of piperazine rings is 1. The second-order valence-electron chi connectivity index (χ2n) is 5.81. The number of carbonyl (C=O) groups excluding carboxylic acids is 1. The molecular formula is C16H17N5O3. The molecule has 0 atom stereocenters. The molecule has 0 unspecified atom stereocenters. The van der Waals surface area contributed by atoms with Crippen molar-refractivity contribution >= 4 is 23.0 Å². The Bertz CT molecular complexity index is 830. The lowest BCUT2D eigenvalue weighted by molar-refractivity contribution is -0.130. The number of aryl methyl sites for hydroxylation is 1. The molecule has 8 heteroatoms. The van der Waals surface area contributed by atoms with Crippen LogP contribution in [-0.4, -0.2) is 52.3 Å². The van der Waals surface area contributed by atoms with E-state index in [0.717, 1.165) is 11.1 Å². The van der Waals surface area contributed by atoms with E-state index in [1.165, 1.54) is 0 Å². The zero-order chi connectivity index (χ0) is 16.5. The van der Waals surface area contributed by atoms with E-state index in [1.54, 1.807) is 6.92 Å². The van der Waals surface area contributed by atoms with Gasteiger partial charge in [-0.25, -0.2) is 4.63 Å². The van der Waals surface area contributed by atoms with Gasteiger partial charge in [0.25, 0.3) is 6.01 Å². The maximum atomic E-state index is 12.4. The minimum Gasteiger partial charge on any atom is -0.423 e. The van der Waals surface area contributed by atoms with Crippen LogP contribution in [0.15, 0.2) is 33.3 Å². The van der Waals surface area contributed by atoms with E-state index in [2.05, 4.69) is 24.8 Å². The van der Waals surface area contributed by atoms with Crippen molar-refractivity contribution in [2.45, 2.75) is 13.3 Å². The van der Waals surface area contributed by atoms with Crippen molar-refractivity contribution in [3.63, 3.8) is 0 Å². The largest absolute Gasteiger partial charge is 0.423 e. The summed E-state index contributed by atoms with van der Waals surface area (Å²) in [6, 6.07) is 8.30. The molecule has 3 heterocycles. The number of rotatable bonds is 3. The van der Waals surface area contributed by atoms with Gasteiger partial charge in [-0.2, -0.15) is 4.98 Å². The molecule has 1 amide bonds. The van der Waals surface area contributed by atoms with Gasteiger partial charge in [-0.05, 0) is 19.1 Å². The fraction of sp³-hybridized carbons (Fsp3) is 0.375. The van der Waals surface area contributed by atoms with Crippen LogP contribution in [-0.2, 0) is 11.2 Å². The van der Waals surface area contributed by atoms with Crippen molar-refractivity contribution in [3.05, 3.63) is 35.7 Å². The maximum Gasteiger partial charge on any atom is 0.298 e. The van der Waals surface area contributed by atoms with Crippen molar-refractivity contribution in [1.82, 2.24) is 20.2 Å². The highest BCUT2D eigenvalue weighted by Crippen LogP contribution is 2.22. The Morgan fingerprint density at radius 2 is 1.96 bits per heavy atom. The van der Waals surface area contributed by atoms with Crippen LogP contribution in [0.4, 0.5) is 6.01 Å². The average molecular weight is 327 g/mol. The standard InChI is InChI=1S/C16H17N5O3/c1-11-13(19-24-18-11)10-15(22)20-6-8-21(9-7-20)16-17-12-4-2-3-5-14(12)23-16/h2-5H,6-10H2,1H3. The monoisotopic (exact) mass is 327 g/mol. The predicted octanol–water partition coefficient (Wildman–Crippen LogP) is 1.41. The summed E-state index contributed by atoms with van der Waals surface area (Å²) >= 11 is 0. The lowest BCUT2D eigenvalue weighted by Crippen LogP contribution is -2.49. The van der Waals surface area contributed by atoms with Crippen LogP contribution in [0.1, 0.15) is 11.4 Å². The van der Waals surface area contributed by atoms with Crippen LogP contribution in [0.25, 0.3) is 11.1 Å². The molecule has 0 radical (unpaired) electrons. The van der Waals surface area contributed by atoms with E-state index >= 15 is 0 Å². The summed E-state index contributed by atoms with van der Waals surface area (Å²) in [7, 11) is 0. The zero-order valence-corrected chi connectivity index (χ0v) is 13.3. The van der Waals surface area contributed by atoms with Gasteiger partial charge >= 0.3 is 0 Å². The Kier molecular flexibility index (Phi) is 3.64. The first-order chi connectivity index (χ1) is 11.7. The molecule has 124 valence electrons. The quantitative estimate of drug-likeness (QED) is 0.718. The third-order valence-corrected chi connectivity index (χ3v) is 4.25. The molecule has 0 N–H and O–H groups in total. The van der Waals surface area contributed by atoms with Crippen LogP contribution in [0, 0.1) is 6.92 Å². The maximum absolute atomic E-state index is 12.4. The third-order valence-electron chi connectivity index (χ3n) is 4.25. The van der Waals surface area contributed by atoms with Crippen LogP contribution < -0.4 is 4.90 Å². The molecule has 0 aliphatic carbocycles. The molecule has 1 aliphatic heterocycles. The summed E-state index contributed by atoms with van der Waals surface area (Å²) in [6.07, 6.45) is 0.220. The highest BCUT2D eigenvalue weighted by atomic mass is 16.6. The van der Waals surface area contributed by atoms with Crippen LogP contribution >= 0.6 is 0 Å². The van der Waals surface area contributed by atoms with Crippen LogP contribution in [0.5, 0.6) is 0 Å². The number of carbonyl (C=O) groups is 1. The minimum atomic E-state index is 0.0333. The summed E-state index contributed by atoms with van der Waals surface area (Å²) in [6.45, 7) is 4.41. The lowest BCUT2D eigenvalue weighted by atomic mass is 10.2. The molecule has 8 nitrogen and oxygen atoms in total. The van der Waals surface area contributed by atoms with Gasteiger partial charge in [0.2, 0.25) is 5.91 Å². The highest BCUT2D eigenvalue weighted by molar-refractivity contribution is 5.79. The summed E-state index contributed by atoms with van der Waals surface area (Å²) in [5.41, 5.74) is 2.88. The van der Waals surface area contributed by atoms with Gasteiger partial charge in [0.15, 0.2) is 5.58 Å². The zero-order valence-electron chi connectivity index (χ0n) is 13.3. The third kappa shape index (κ3) is 2.70. The molecule has 0 spiro atoms. The van der Waals surface area contributed by atoms with Crippen molar-refractivity contribution in [2.75, 3.05) is 31.1 Å². The van der Waals surface area contributed by atoms with E-state index in [-0.39, 0.29) is 12.3 Å². The van der Waals surface area contributed by atoms with Crippen molar-refractivity contribution in [1.29, 1.82) is 0 Å². The number of aromatic nitrogens is 3. The topological polar surface area (TPSA) is 88.5 Å². The van der Waals surface area contributed by atoms with E-state index in [4.69, 9.17) is 4.42 Å². The van der Waals surface area contributed by atoms with E-state index in [1.807, 2.05) is 29.2 Å². The summed E-state index contributed by atoms with van der Waals surface area (Å²) < 4.78 is 10.4. The lowest BCUT2D eigenvalue weighted by Gasteiger charge is -2.33. The molecule has 3 aromatic rings. The molecule has 0 bridgehead atoms. The Balaban J connectivity index is 1.39. The fourth-order valence-electron chi connectivity index (χ4n) is 2.81. The van der Waals surface area contributed by atoms with E-state index in [0.29, 0.717) is 43.6 Å². The number of hydrogen-bond acceptors (Lipinski definition) is 7. The van der Waals surface area contributed by atoms with Gasteiger partial charge in [0.05, 0.1) is 6.42 Å². The van der Waals surface area contributed by atoms with Crippen molar-refractivity contribution in [3.8, 4) is 0 Å². The molecule has 1 saturated heterocycles. The first-order valence-electron chi connectivity index (χ1n) is 7.87. The smallest absolute Gasteiger partial charge is 0.298 e. The van der Waals surface area contributed by atoms with Gasteiger partial charge in [-0.3, -0.25) is 4.79 Å². The van der Waals surface area contributed by atoms with Gasteiger partial charge in [-0.15, -0.1) is 0 Å². The Hall–Kier alpha value is -2.90. The summed E-state index contributed by atoms with van der Waals surface area (Å²) in [5, 5.41) is 7.47. The number of benzene rings is 1. The molecule has 4 rings (SSSR count). The number of nitrogens with zero attached hydrogens (tertiary/aromatic N) is 5. The molecule has 1 aliphatic rings. The van der Waals surface area contributed by atoms with Gasteiger partial charge in [0, 0.05) is 26.2 Å². The number of amides is 1. The second kappa shape index (κ2) is 5.95. The SMILES string of the molecule is Cc1nonc1CC(=O)N1CCN(c2nc3ccccc3o2)CC1. The molecule has 2 aromatic heterocycles. The number of oxazole rings is 1. The number of anilines is 1. The Labute approximate surface area is 138 Å². The van der Waals surface area contributed by atoms with Gasteiger partial charge < -0.3 is 14.2 Å². The number of fused-ring (bicyclic) bond motifs is 1. The van der Waals surface area contributed by atoms with Crippen LogP contribution in [0.3, 0.4) is 0 Å². The number of hydrogen-bond donors (Lipinski definition) is 0. The van der Waals surface area contributed by atoms with Gasteiger partial charge in [0.1, 0.15) is 16.9 Å². The van der Waals surface area contributed by atoms with Crippen molar-refractivity contribution < 1.29 is 13.8 Å². The normalized spacial score (nSPS) is 15.2. The minimum absolute atomic E-state index is 0.0333. The number of para-hydroxylation sites is 2. The van der Waals surface area contributed by atoms with Gasteiger partial charge in [-0.1, -0.05) is 22.4 Å². The fourth-order valence-corrected chi connectivity index (χ4v) is 2.81. The van der Waals surface area contributed by atoms with Crippen LogP contribution in [0.2, 0.25) is 0 Å². The average Bonchev–Trinajstić information content (AvgIpc) is 3.21. The Morgan fingerprint density at radius 1 is 1.17 bits per heavy atom. The molecule has 1 aromatic carbocycles. The highest BCUT2D eigenvalue weighted by Gasteiger charge is 2.25. The summed E-state index contributed by atoms with van der Waals surface area (Å²) in [5.74, 6) is 0.0333. The van der Waals surface area contributed by atoms with E-state index < -0.39 is 0 Å². The molecular weight excluding hydrogens is 310 g/mol. The summed E-state index contributed by atoms with van der Waals surface area (Å²) in [4.78, 5) is 20.8. The first kappa shape index (κ1) is 14.7. The molecule has 24 heavy (non-hydrogen) atoms. The second-order valence-corrected chi connectivity index (χ2v) is 5.81. The van der Waals surface area contributed by atoms with Crippen molar-refractivity contribution in [2.24, 2.45) is 0 Å². The van der Waals surface area contributed by atoms with E-state index in [9.17, 15) is 4.79 Å². The molecule has 0 saturated carbocycles.